The summed E-state index contributed by atoms with van der Waals surface area (Å²) in [6.45, 7) is 6.79. The predicted octanol–water partition coefficient (Wildman–Crippen LogP) is 1.74. The quantitative estimate of drug-likeness (QED) is 0.898. The van der Waals surface area contributed by atoms with Crippen LogP contribution in [0.1, 0.15) is 36.8 Å². The number of carbonyl (C=O) groups excluding carboxylic acids is 1. The Kier molecular flexibility index (Phi) is 4.51. The summed E-state index contributed by atoms with van der Waals surface area (Å²) in [5.74, 6) is 0.225. The Balaban J connectivity index is 2.22. The Labute approximate surface area is 129 Å². The van der Waals surface area contributed by atoms with Gasteiger partial charge in [0.25, 0.3) is 5.91 Å². The highest BCUT2D eigenvalue weighted by Crippen LogP contribution is 2.15. The molecular weight excluding hydrogens is 280 g/mol. The molecule has 0 unspecified atom stereocenters. The van der Waals surface area contributed by atoms with E-state index in [0.29, 0.717) is 17.1 Å². The minimum Gasteiger partial charge on any atom is -0.388 e. The lowest BCUT2D eigenvalue weighted by Crippen LogP contribution is -2.47. The number of carbonyl (C=O) groups is 1. The zero-order valence-electron chi connectivity index (χ0n) is 13.2. The van der Waals surface area contributed by atoms with Crippen LogP contribution in [-0.2, 0) is 0 Å². The van der Waals surface area contributed by atoms with E-state index in [2.05, 4.69) is 20.3 Å². The third-order valence-electron chi connectivity index (χ3n) is 3.55. The lowest BCUT2D eigenvalue weighted by Gasteiger charge is -2.26. The van der Waals surface area contributed by atoms with Crippen molar-refractivity contribution < 1.29 is 9.90 Å². The Bertz CT molecular complexity index is 666. The molecule has 0 aliphatic carbocycles. The molecule has 2 N–H and O–H groups in total. The Morgan fingerprint density at radius 3 is 2.64 bits per heavy atom. The molecule has 2 rings (SSSR count). The first-order chi connectivity index (χ1) is 10.3. The van der Waals surface area contributed by atoms with Crippen molar-refractivity contribution in [2.45, 2.75) is 39.3 Å². The molecule has 2 aromatic rings. The number of aromatic nitrogens is 3. The molecule has 0 saturated heterocycles. The van der Waals surface area contributed by atoms with Crippen molar-refractivity contribution in [1.29, 1.82) is 0 Å². The van der Waals surface area contributed by atoms with Crippen molar-refractivity contribution in [3.8, 4) is 11.4 Å². The van der Waals surface area contributed by atoms with Gasteiger partial charge in [-0.25, -0.2) is 9.97 Å². The second kappa shape index (κ2) is 6.19. The first-order valence-corrected chi connectivity index (χ1v) is 7.06. The fourth-order valence-electron chi connectivity index (χ4n) is 1.78. The first-order valence-electron chi connectivity index (χ1n) is 7.06. The summed E-state index contributed by atoms with van der Waals surface area (Å²) in [6, 6.07) is 3.27. The van der Waals surface area contributed by atoms with E-state index in [1.54, 1.807) is 46.2 Å². The highest BCUT2D eigenvalue weighted by Gasteiger charge is 2.25. The molecule has 22 heavy (non-hydrogen) atoms. The van der Waals surface area contributed by atoms with Gasteiger partial charge in [-0.3, -0.25) is 9.78 Å². The molecule has 0 saturated carbocycles. The number of aliphatic hydroxyl groups is 1. The highest BCUT2D eigenvalue weighted by atomic mass is 16.3. The van der Waals surface area contributed by atoms with Gasteiger partial charge in [-0.2, -0.15) is 0 Å². The molecule has 0 spiro atoms. The number of nitrogens with one attached hydrogen (secondary N) is 1. The van der Waals surface area contributed by atoms with E-state index in [9.17, 15) is 9.90 Å². The van der Waals surface area contributed by atoms with Gasteiger partial charge in [0.2, 0.25) is 0 Å². The molecule has 2 heterocycles. The highest BCUT2D eigenvalue weighted by molar-refractivity contribution is 5.95. The molecule has 116 valence electrons. The van der Waals surface area contributed by atoms with Gasteiger partial charge >= 0.3 is 0 Å². The lowest BCUT2D eigenvalue weighted by atomic mass is 10.0. The van der Waals surface area contributed by atoms with E-state index in [4.69, 9.17) is 0 Å². The predicted molar refractivity (Wildman–Crippen MR) is 83.2 cm³/mol. The van der Waals surface area contributed by atoms with Crippen LogP contribution in [0.15, 0.2) is 30.7 Å². The zero-order chi connectivity index (χ0) is 16.3. The van der Waals surface area contributed by atoms with Crippen molar-refractivity contribution in [2.24, 2.45) is 0 Å². The molecule has 2 aromatic heterocycles. The normalized spacial score (nSPS) is 12.8. The van der Waals surface area contributed by atoms with Gasteiger partial charge in [0.15, 0.2) is 5.82 Å². The third-order valence-corrected chi connectivity index (χ3v) is 3.55. The number of hydrogen-bond donors (Lipinski definition) is 2. The fourth-order valence-corrected chi connectivity index (χ4v) is 1.78. The van der Waals surface area contributed by atoms with Crippen LogP contribution in [0.2, 0.25) is 0 Å². The Hall–Kier alpha value is -2.34. The van der Waals surface area contributed by atoms with Crippen LogP contribution in [0.3, 0.4) is 0 Å². The largest absolute Gasteiger partial charge is 0.388 e. The van der Waals surface area contributed by atoms with E-state index in [1.807, 2.05) is 6.07 Å². The maximum absolute atomic E-state index is 12.3. The number of aryl methyl sites for hydroxylation is 1. The van der Waals surface area contributed by atoms with Crippen LogP contribution in [0.25, 0.3) is 11.4 Å². The standard InChI is InChI=1S/C16H20N4O2/c1-10-13(15(21)20-11(2)16(3,4)22)9-18-14(19-10)12-6-5-7-17-8-12/h5-9,11,22H,1-4H3,(H,20,21)/t11-/m0/s1. The minimum atomic E-state index is -1.000. The van der Waals surface area contributed by atoms with Gasteiger partial charge in [-0.15, -0.1) is 0 Å². The number of amides is 1. The fraction of sp³-hybridized carbons (Fsp3) is 0.375. The van der Waals surface area contributed by atoms with Gasteiger partial charge in [0, 0.05) is 24.2 Å². The van der Waals surface area contributed by atoms with E-state index in [-0.39, 0.29) is 5.91 Å². The van der Waals surface area contributed by atoms with Crippen molar-refractivity contribution in [2.75, 3.05) is 0 Å². The molecule has 6 heteroatoms. The third kappa shape index (κ3) is 3.65. The van der Waals surface area contributed by atoms with Gasteiger partial charge in [0.1, 0.15) is 0 Å². The van der Waals surface area contributed by atoms with Crippen molar-refractivity contribution in [1.82, 2.24) is 20.3 Å². The number of nitrogens with zero attached hydrogens (tertiary/aromatic N) is 3. The van der Waals surface area contributed by atoms with E-state index < -0.39 is 11.6 Å². The molecule has 0 aliphatic heterocycles. The molecule has 6 nitrogen and oxygen atoms in total. The summed E-state index contributed by atoms with van der Waals surface area (Å²) in [5.41, 5.74) is 0.764. The van der Waals surface area contributed by atoms with Crippen LogP contribution in [0.5, 0.6) is 0 Å². The molecule has 0 aliphatic rings. The van der Waals surface area contributed by atoms with Crippen LogP contribution in [0.4, 0.5) is 0 Å². The number of pyridine rings is 1. The second-order valence-electron chi connectivity index (χ2n) is 5.78. The maximum Gasteiger partial charge on any atom is 0.255 e. The van der Waals surface area contributed by atoms with Crippen molar-refractivity contribution in [3.63, 3.8) is 0 Å². The molecule has 0 aromatic carbocycles. The van der Waals surface area contributed by atoms with Crippen molar-refractivity contribution in [3.05, 3.63) is 42.0 Å². The molecule has 0 bridgehead atoms. The summed E-state index contributed by atoms with van der Waals surface area (Å²) in [6.07, 6.45) is 4.85. The SMILES string of the molecule is Cc1nc(-c2cccnc2)ncc1C(=O)N[C@@H](C)C(C)(C)O. The molecule has 1 atom stereocenters. The van der Waals surface area contributed by atoms with Gasteiger partial charge < -0.3 is 10.4 Å². The smallest absolute Gasteiger partial charge is 0.255 e. The molecule has 1 amide bonds. The number of rotatable bonds is 4. The van der Waals surface area contributed by atoms with E-state index >= 15 is 0 Å². The lowest BCUT2D eigenvalue weighted by molar-refractivity contribution is 0.0408. The first kappa shape index (κ1) is 16.0. The van der Waals surface area contributed by atoms with Gasteiger partial charge in [-0.1, -0.05) is 0 Å². The van der Waals surface area contributed by atoms with Crippen LogP contribution >= 0.6 is 0 Å². The van der Waals surface area contributed by atoms with E-state index in [0.717, 1.165) is 5.56 Å². The summed E-state index contributed by atoms with van der Waals surface area (Å²) in [4.78, 5) is 24.9. The summed E-state index contributed by atoms with van der Waals surface area (Å²) >= 11 is 0. The maximum atomic E-state index is 12.3. The number of hydrogen-bond acceptors (Lipinski definition) is 5. The van der Waals surface area contributed by atoms with E-state index in [1.165, 1.54) is 6.20 Å². The Morgan fingerprint density at radius 1 is 1.36 bits per heavy atom. The monoisotopic (exact) mass is 300 g/mol. The molecule has 0 fully saturated rings. The molecule has 0 radical (unpaired) electrons. The average molecular weight is 300 g/mol. The van der Waals surface area contributed by atoms with Crippen LogP contribution < -0.4 is 5.32 Å². The minimum absolute atomic E-state index is 0.301. The average Bonchev–Trinajstić information content (AvgIpc) is 2.46. The summed E-state index contributed by atoms with van der Waals surface area (Å²) in [7, 11) is 0. The zero-order valence-corrected chi connectivity index (χ0v) is 13.2. The van der Waals surface area contributed by atoms with Crippen LogP contribution in [-0.4, -0.2) is 37.6 Å². The second-order valence-corrected chi connectivity index (χ2v) is 5.78. The summed E-state index contributed by atoms with van der Waals surface area (Å²) < 4.78 is 0. The van der Waals surface area contributed by atoms with Crippen LogP contribution in [0, 0.1) is 6.92 Å². The van der Waals surface area contributed by atoms with Crippen molar-refractivity contribution >= 4 is 5.91 Å². The molecular formula is C16H20N4O2. The Morgan fingerprint density at radius 2 is 2.09 bits per heavy atom. The van der Waals surface area contributed by atoms with Gasteiger partial charge in [0.05, 0.1) is 22.9 Å². The topological polar surface area (TPSA) is 88.0 Å². The van der Waals surface area contributed by atoms with Gasteiger partial charge in [-0.05, 0) is 39.8 Å². The summed E-state index contributed by atoms with van der Waals surface area (Å²) in [5, 5.41) is 12.6.